The highest BCUT2D eigenvalue weighted by Crippen LogP contribution is 2.42. The Kier molecular flexibility index (Phi) is 3.60. The number of hydrogen-bond acceptors (Lipinski definition) is 4. The topological polar surface area (TPSA) is 77.8 Å². The number of fused-ring (bicyclic) bond motifs is 3. The molecule has 0 saturated carbocycles. The molecule has 0 spiro atoms. The van der Waals surface area contributed by atoms with Crippen molar-refractivity contribution in [3.63, 3.8) is 0 Å². The van der Waals surface area contributed by atoms with Crippen LogP contribution in [0.2, 0.25) is 0 Å². The summed E-state index contributed by atoms with van der Waals surface area (Å²) in [5.41, 5.74) is 1.74. The van der Waals surface area contributed by atoms with E-state index in [2.05, 4.69) is 0 Å². The lowest BCUT2D eigenvalue weighted by atomic mass is 9.91. The van der Waals surface area contributed by atoms with Gasteiger partial charge in [0.05, 0.1) is 19.9 Å². The van der Waals surface area contributed by atoms with Gasteiger partial charge in [-0.15, -0.1) is 0 Å². The first-order chi connectivity index (χ1) is 11.0. The van der Waals surface area contributed by atoms with Gasteiger partial charge >= 0.3 is 5.97 Å². The quantitative estimate of drug-likeness (QED) is 0.940. The minimum absolute atomic E-state index is 0.0213. The number of carbonyl (C=O) groups is 1. The van der Waals surface area contributed by atoms with Crippen LogP contribution in [-0.2, 0) is 6.42 Å². The SMILES string of the molecule is COc1cc2c(c(OC)c1)-c1cc(=O)c(C(=O)O)cn1C(C)C2. The number of benzene rings is 1. The zero-order valence-corrected chi connectivity index (χ0v) is 13.1. The fourth-order valence-electron chi connectivity index (χ4n) is 3.07. The lowest BCUT2D eigenvalue weighted by Gasteiger charge is -2.29. The van der Waals surface area contributed by atoms with Crippen LogP contribution in [0.5, 0.6) is 11.5 Å². The van der Waals surface area contributed by atoms with E-state index in [0.29, 0.717) is 23.6 Å². The third-order valence-electron chi connectivity index (χ3n) is 4.17. The molecule has 120 valence electrons. The van der Waals surface area contributed by atoms with Gasteiger partial charge in [-0.1, -0.05) is 0 Å². The third-order valence-corrected chi connectivity index (χ3v) is 4.17. The maximum atomic E-state index is 12.1. The van der Waals surface area contributed by atoms with E-state index >= 15 is 0 Å². The van der Waals surface area contributed by atoms with E-state index in [1.54, 1.807) is 20.3 Å². The monoisotopic (exact) mass is 315 g/mol. The summed E-state index contributed by atoms with van der Waals surface area (Å²) >= 11 is 0. The van der Waals surface area contributed by atoms with Crippen molar-refractivity contribution in [1.82, 2.24) is 4.57 Å². The zero-order chi connectivity index (χ0) is 16.7. The zero-order valence-electron chi connectivity index (χ0n) is 13.1. The predicted molar refractivity (Wildman–Crippen MR) is 84.6 cm³/mol. The van der Waals surface area contributed by atoms with Gasteiger partial charge in [0, 0.05) is 29.9 Å². The Balaban J connectivity index is 2.33. The molecule has 0 aliphatic carbocycles. The maximum absolute atomic E-state index is 12.1. The van der Waals surface area contributed by atoms with E-state index in [1.165, 1.54) is 12.3 Å². The molecule has 1 N–H and O–H groups in total. The number of aromatic nitrogens is 1. The summed E-state index contributed by atoms with van der Waals surface area (Å²) in [5.74, 6) is 0.0678. The number of pyridine rings is 1. The highest BCUT2D eigenvalue weighted by atomic mass is 16.5. The number of methoxy groups -OCH3 is 2. The van der Waals surface area contributed by atoms with E-state index in [4.69, 9.17) is 14.6 Å². The van der Waals surface area contributed by atoms with Gasteiger partial charge in [-0.2, -0.15) is 0 Å². The molecule has 2 heterocycles. The molecule has 1 aliphatic rings. The van der Waals surface area contributed by atoms with Gasteiger partial charge in [-0.3, -0.25) is 4.79 Å². The van der Waals surface area contributed by atoms with E-state index in [1.807, 2.05) is 17.6 Å². The van der Waals surface area contributed by atoms with Crippen LogP contribution in [0, 0.1) is 0 Å². The Bertz CT molecular complexity index is 853. The number of carboxylic acid groups (broad SMARTS) is 1. The second-order valence-corrected chi connectivity index (χ2v) is 5.57. The minimum Gasteiger partial charge on any atom is -0.497 e. The molecule has 0 saturated heterocycles. The molecule has 0 bridgehead atoms. The van der Waals surface area contributed by atoms with E-state index in [9.17, 15) is 9.59 Å². The summed E-state index contributed by atoms with van der Waals surface area (Å²) in [4.78, 5) is 23.3. The highest BCUT2D eigenvalue weighted by Gasteiger charge is 2.26. The van der Waals surface area contributed by atoms with Crippen molar-refractivity contribution in [2.24, 2.45) is 0 Å². The van der Waals surface area contributed by atoms with Gasteiger partial charge in [0.25, 0.3) is 0 Å². The summed E-state index contributed by atoms with van der Waals surface area (Å²) in [6, 6.07) is 5.07. The Morgan fingerprint density at radius 1 is 1.26 bits per heavy atom. The Hall–Kier alpha value is -2.76. The summed E-state index contributed by atoms with van der Waals surface area (Å²) < 4.78 is 12.6. The molecular weight excluding hydrogens is 298 g/mol. The van der Waals surface area contributed by atoms with Crippen molar-refractivity contribution < 1.29 is 19.4 Å². The number of aromatic carboxylic acids is 1. The van der Waals surface area contributed by atoms with Crippen molar-refractivity contribution in [2.75, 3.05) is 14.2 Å². The molecule has 6 nitrogen and oxygen atoms in total. The average molecular weight is 315 g/mol. The molecule has 1 aromatic heterocycles. The van der Waals surface area contributed by atoms with Crippen LogP contribution in [-0.4, -0.2) is 29.9 Å². The average Bonchev–Trinajstić information content (AvgIpc) is 2.52. The maximum Gasteiger partial charge on any atom is 0.341 e. The van der Waals surface area contributed by atoms with E-state index < -0.39 is 11.4 Å². The summed E-state index contributed by atoms with van der Waals surface area (Å²) in [6.07, 6.45) is 2.11. The number of hydrogen-bond donors (Lipinski definition) is 1. The molecule has 0 fully saturated rings. The Morgan fingerprint density at radius 2 is 2.00 bits per heavy atom. The van der Waals surface area contributed by atoms with Gasteiger partial charge in [0.2, 0.25) is 0 Å². The fraction of sp³-hybridized carbons (Fsp3) is 0.294. The van der Waals surface area contributed by atoms with E-state index in [-0.39, 0.29) is 11.6 Å². The molecule has 3 rings (SSSR count). The van der Waals surface area contributed by atoms with Crippen molar-refractivity contribution >= 4 is 5.97 Å². The largest absolute Gasteiger partial charge is 0.497 e. The lowest BCUT2D eigenvalue weighted by Crippen LogP contribution is -2.24. The van der Waals surface area contributed by atoms with Crippen molar-refractivity contribution in [1.29, 1.82) is 0 Å². The van der Waals surface area contributed by atoms with Gasteiger partial charge in [0.15, 0.2) is 5.43 Å². The van der Waals surface area contributed by atoms with Crippen LogP contribution in [0.15, 0.2) is 29.2 Å². The predicted octanol–water partition coefficient (Wildman–Crippen LogP) is 2.35. The smallest absolute Gasteiger partial charge is 0.341 e. The van der Waals surface area contributed by atoms with Gasteiger partial charge in [-0.05, 0) is 25.0 Å². The van der Waals surface area contributed by atoms with Crippen molar-refractivity contribution in [3.05, 3.63) is 45.7 Å². The highest BCUT2D eigenvalue weighted by molar-refractivity contribution is 5.88. The van der Waals surface area contributed by atoms with Crippen LogP contribution < -0.4 is 14.9 Å². The molecule has 0 radical (unpaired) electrons. The molecular formula is C17H17NO5. The Labute approximate surface area is 132 Å². The van der Waals surface area contributed by atoms with Gasteiger partial charge in [0.1, 0.15) is 17.1 Å². The fourth-order valence-corrected chi connectivity index (χ4v) is 3.07. The second kappa shape index (κ2) is 5.46. The number of rotatable bonds is 3. The molecule has 1 atom stereocenters. The summed E-state index contributed by atoms with van der Waals surface area (Å²) in [7, 11) is 3.14. The molecule has 2 aromatic rings. The van der Waals surface area contributed by atoms with Crippen LogP contribution in [0.4, 0.5) is 0 Å². The molecule has 1 aromatic carbocycles. The number of carboxylic acids is 1. The first-order valence-electron chi connectivity index (χ1n) is 7.21. The lowest BCUT2D eigenvalue weighted by molar-refractivity contribution is 0.0694. The molecule has 0 amide bonds. The molecule has 1 aliphatic heterocycles. The molecule has 1 unspecified atom stereocenters. The summed E-state index contributed by atoms with van der Waals surface area (Å²) in [5, 5.41) is 9.16. The Morgan fingerprint density at radius 3 is 2.61 bits per heavy atom. The molecule has 23 heavy (non-hydrogen) atoms. The summed E-state index contributed by atoms with van der Waals surface area (Å²) in [6.45, 7) is 1.98. The number of nitrogens with zero attached hydrogens (tertiary/aromatic N) is 1. The van der Waals surface area contributed by atoms with Gasteiger partial charge < -0.3 is 19.1 Å². The molecule has 6 heteroatoms. The van der Waals surface area contributed by atoms with Crippen LogP contribution in [0.25, 0.3) is 11.3 Å². The minimum atomic E-state index is -1.22. The third kappa shape index (κ3) is 2.36. The normalized spacial score (nSPS) is 15.5. The van der Waals surface area contributed by atoms with Crippen molar-refractivity contribution in [3.8, 4) is 22.8 Å². The van der Waals surface area contributed by atoms with E-state index in [0.717, 1.165) is 11.1 Å². The number of ether oxygens (including phenoxy) is 2. The standard InChI is InChI=1S/C17H17NO5/c1-9-4-10-5-11(22-2)6-15(23-3)16(10)13-7-14(19)12(17(20)21)8-18(9)13/h5-9H,4H2,1-3H3,(H,20,21). The van der Waals surface area contributed by atoms with Crippen molar-refractivity contribution in [2.45, 2.75) is 19.4 Å². The second-order valence-electron chi connectivity index (χ2n) is 5.57. The van der Waals surface area contributed by atoms with Crippen LogP contribution >= 0.6 is 0 Å². The van der Waals surface area contributed by atoms with Crippen LogP contribution in [0.1, 0.15) is 28.9 Å². The first kappa shape index (κ1) is 15.1. The first-order valence-corrected chi connectivity index (χ1v) is 7.21. The van der Waals surface area contributed by atoms with Gasteiger partial charge in [-0.25, -0.2) is 4.79 Å². The van der Waals surface area contributed by atoms with Crippen LogP contribution in [0.3, 0.4) is 0 Å².